The molecule has 0 saturated heterocycles. The summed E-state index contributed by atoms with van der Waals surface area (Å²) in [5.74, 6) is -2.15. The van der Waals surface area contributed by atoms with E-state index in [1.165, 1.54) is 76.3 Å². The summed E-state index contributed by atoms with van der Waals surface area (Å²) in [5.41, 5.74) is -1.18. The Morgan fingerprint density at radius 3 is 1.21 bits per heavy atom. The van der Waals surface area contributed by atoms with Crippen LogP contribution in [0.4, 0.5) is 28.9 Å². The topological polar surface area (TPSA) is 58.2 Å². The van der Waals surface area contributed by atoms with E-state index >= 15 is 0 Å². The monoisotopic (exact) mass is 822 g/mol. The number of rotatable bonds is 12. The minimum absolute atomic E-state index is 0. The Bertz CT molecular complexity index is 1500. The van der Waals surface area contributed by atoms with E-state index in [0.29, 0.717) is 0 Å². The van der Waals surface area contributed by atoms with Gasteiger partial charge in [-0.1, -0.05) is 118 Å². The molecule has 0 aliphatic heterocycles. The average Bonchev–Trinajstić information content (AvgIpc) is 3.96. The second-order valence-electron chi connectivity index (χ2n) is 16.5. The maximum Gasteiger partial charge on any atom is 4.00 e. The van der Waals surface area contributed by atoms with Gasteiger partial charge < -0.3 is 10.6 Å². The summed E-state index contributed by atoms with van der Waals surface area (Å²) in [7, 11) is 0. The number of anilines is 2. The molecule has 4 aromatic carbocycles. The Hall–Kier alpha value is -3.49. The number of carbonyl (C=O) groups is 2. The third-order valence-corrected chi connectivity index (χ3v) is 10.8. The van der Waals surface area contributed by atoms with Crippen molar-refractivity contribution in [2.24, 2.45) is 22.7 Å². The van der Waals surface area contributed by atoms with Crippen LogP contribution in [0.15, 0.2) is 84.9 Å². The number of hydrogen-bond donors (Lipinski definition) is 2. The van der Waals surface area contributed by atoms with Crippen LogP contribution in [0.2, 0.25) is 0 Å². The zero-order valence-electron chi connectivity index (χ0n) is 34.4. The van der Waals surface area contributed by atoms with Crippen molar-refractivity contribution in [3.8, 4) is 0 Å². The largest absolute Gasteiger partial charge is 4.00 e. The van der Waals surface area contributed by atoms with E-state index in [-0.39, 0.29) is 44.9 Å². The molecule has 0 unspecified atom stereocenters. The minimum Gasteiger partial charge on any atom is -0.376 e. The molecule has 4 nitrogen and oxygen atoms in total. The molecule has 0 aromatic heterocycles. The van der Waals surface area contributed by atoms with Gasteiger partial charge in [0.05, 0.1) is 0 Å². The summed E-state index contributed by atoms with van der Waals surface area (Å²) in [6.45, 7) is 7.48. The van der Waals surface area contributed by atoms with Crippen molar-refractivity contribution < 1.29 is 48.9 Å². The average molecular weight is 823 g/mol. The van der Waals surface area contributed by atoms with Crippen molar-refractivity contribution in [2.45, 2.75) is 130 Å². The van der Waals surface area contributed by atoms with Gasteiger partial charge in [0.2, 0.25) is 11.8 Å². The van der Waals surface area contributed by atoms with Crippen LogP contribution in [0.1, 0.15) is 130 Å². The van der Waals surface area contributed by atoms with E-state index in [9.17, 15) is 27.2 Å². The van der Waals surface area contributed by atoms with E-state index < -0.39 is 34.1 Å². The minimum atomic E-state index is -0.864. The van der Waals surface area contributed by atoms with Gasteiger partial charge in [-0.3, -0.25) is 9.59 Å². The van der Waals surface area contributed by atoms with Crippen LogP contribution in [0.3, 0.4) is 0 Å². The van der Waals surface area contributed by atoms with E-state index in [2.05, 4.69) is 10.6 Å². The van der Waals surface area contributed by atoms with Crippen LogP contribution >= 0.6 is 0 Å². The molecule has 0 heterocycles. The quantitative estimate of drug-likeness (QED) is 0.0849. The Morgan fingerprint density at radius 2 is 0.930 bits per heavy atom. The molecule has 6 rings (SSSR count). The number of hydrogen-bond acceptors (Lipinski definition) is 2. The fourth-order valence-electron chi connectivity index (χ4n) is 7.15. The van der Waals surface area contributed by atoms with Gasteiger partial charge in [-0.2, -0.15) is 36.4 Å². The molecule has 9 heteroatoms. The molecule has 2 aliphatic rings. The van der Waals surface area contributed by atoms with Crippen molar-refractivity contribution in [1.82, 2.24) is 0 Å². The van der Waals surface area contributed by atoms with Crippen molar-refractivity contribution in [3.63, 3.8) is 0 Å². The standard InChI is InChI=1S/2C19H26F2NO.2C5H5.Ti/c2*1-19(2,12-6-9-14-7-4-3-5-8-14)18(23)22-17-11-10-15(20)13-16(17)21;2*1-2-4-5-3-1;/h2*10-11,14H,3-9,12H2,1-2H3,(H,22,23);2*1-5H;/q4*-1;+4. The molecule has 0 spiro atoms. The van der Waals surface area contributed by atoms with Crippen LogP contribution in [0, 0.1) is 58.1 Å². The first-order valence-corrected chi connectivity index (χ1v) is 20.5. The number of carbonyl (C=O) groups excluding carboxylic acids is 2. The van der Waals surface area contributed by atoms with E-state index in [1.807, 2.05) is 100 Å². The van der Waals surface area contributed by atoms with Gasteiger partial charge >= 0.3 is 21.7 Å². The maximum absolute atomic E-state index is 13.6. The van der Waals surface area contributed by atoms with Crippen LogP contribution < -0.4 is 10.6 Å². The molecule has 308 valence electrons. The summed E-state index contributed by atoms with van der Waals surface area (Å²) in [5, 5.41) is 5.11. The van der Waals surface area contributed by atoms with Gasteiger partial charge in [0.1, 0.15) is 0 Å². The SMILES string of the molecule is CC(C)(CCCC1CCCCC1)C(=O)Nc1ccc(F)[c-]c1F.CC(C)(CCCC1CCCCC1)C(=O)Nc1ccc(F)[c-]c1F.[Ti+4].c1cc[cH-]c1.c1cc[cH-]c1. The van der Waals surface area contributed by atoms with Gasteiger partial charge in [-0.25, -0.2) is 41.8 Å². The van der Waals surface area contributed by atoms with Crippen molar-refractivity contribution in [2.75, 3.05) is 10.6 Å². The molecular formula is C48H62F4N2O2Ti. The molecule has 0 bridgehead atoms. The van der Waals surface area contributed by atoms with E-state index in [1.54, 1.807) is 0 Å². The van der Waals surface area contributed by atoms with Crippen molar-refractivity contribution in [3.05, 3.63) is 120 Å². The van der Waals surface area contributed by atoms with Crippen LogP contribution in [-0.4, -0.2) is 11.8 Å². The molecule has 2 N–H and O–H groups in total. The third-order valence-electron chi connectivity index (χ3n) is 10.8. The Labute approximate surface area is 354 Å². The van der Waals surface area contributed by atoms with Gasteiger partial charge in [-0.15, -0.1) is 36.4 Å². The summed E-state index contributed by atoms with van der Waals surface area (Å²) in [6.07, 6.45) is 19.1. The Morgan fingerprint density at radius 1 is 0.596 bits per heavy atom. The van der Waals surface area contributed by atoms with Crippen molar-refractivity contribution >= 4 is 23.2 Å². The summed E-state index contributed by atoms with van der Waals surface area (Å²) >= 11 is 0. The normalized spacial score (nSPS) is 14.6. The number of halogens is 4. The molecular weight excluding hydrogens is 760 g/mol. The smallest absolute Gasteiger partial charge is 0.376 e. The molecule has 57 heavy (non-hydrogen) atoms. The zero-order chi connectivity index (χ0) is 40.8. The Balaban J connectivity index is 0.000000310. The molecule has 2 amide bonds. The molecule has 0 atom stereocenters. The molecule has 0 radical (unpaired) electrons. The molecule has 2 aliphatic carbocycles. The van der Waals surface area contributed by atoms with Crippen molar-refractivity contribution in [1.29, 1.82) is 0 Å². The zero-order valence-corrected chi connectivity index (χ0v) is 35.9. The molecule has 4 aromatic rings. The van der Waals surface area contributed by atoms with Gasteiger partial charge in [0, 0.05) is 34.1 Å². The van der Waals surface area contributed by atoms with Gasteiger partial charge in [0.25, 0.3) is 0 Å². The predicted octanol–water partition coefficient (Wildman–Crippen LogP) is 13.8. The van der Waals surface area contributed by atoms with Crippen LogP contribution in [0.25, 0.3) is 0 Å². The third kappa shape index (κ3) is 19.7. The number of nitrogens with one attached hydrogen (secondary N) is 2. The second-order valence-corrected chi connectivity index (χ2v) is 16.5. The Kier molecular flexibility index (Phi) is 23.1. The number of benzene rings is 2. The van der Waals surface area contributed by atoms with E-state index in [4.69, 9.17) is 0 Å². The van der Waals surface area contributed by atoms with Crippen LogP contribution in [-0.2, 0) is 31.3 Å². The first-order valence-electron chi connectivity index (χ1n) is 20.5. The maximum atomic E-state index is 13.6. The van der Waals surface area contributed by atoms with Gasteiger partial charge in [0.15, 0.2) is 0 Å². The summed E-state index contributed by atoms with van der Waals surface area (Å²) in [4.78, 5) is 24.7. The first-order chi connectivity index (χ1) is 26.8. The predicted molar refractivity (Wildman–Crippen MR) is 220 cm³/mol. The van der Waals surface area contributed by atoms with Crippen LogP contribution in [0.5, 0.6) is 0 Å². The molecule has 2 saturated carbocycles. The van der Waals surface area contributed by atoms with E-state index in [0.717, 1.165) is 62.5 Å². The second kappa shape index (κ2) is 26.5. The molecule has 2 fully saturated rings. The number of amides is 2. The fraction of sp³-hybridized carbons (Fsp3) is 0.500. The summed E-state index contributed by atoms with van der Waals surface area (Å²) in [6, 6.07) is 28.5. The summed E-state index contributed by atoms with van der Waals surface area (Å²) < 4.78 is 52.9. The fourth-order valence-corrected chi connectivity index (χ4v) is 7.15. The van der Waals surface area contributed by atoms with Gasteiger partial charge in [-0.05, 0) is 36.1 Å². The first kappa shape index (κ1) is 49.7.